The fourth-order valence-electron chi connectivity index (χ4n) is 6.36. The monoisotopic (exact) mass is 612 g/mol. The third-order valence-corrected chi connectivity index (χ3v) is 8.03. The van der Waals surface area contributed by atoms with E-state index in [9.17, 15) is 0 Å². The molecule has 8 heteroatoms. The molecule has 2 aromatic carbocycles. The van der Waals surface area contributed by atoms with E-state index < -0.39 is 0 Å². The SMILES string of the molecule is CC(C)OC1=NC2C(C(OC(C)C)=N1)C2[C@@H]1C[C@H](c2cc(OC(C)C)nc(OC(C)C)n2)[C@@H]1c1ccccc1.c1ccccc1. The van der Waals surface area contributed by atoms with Crippen LogP contribution in [0.25, 0.3) is 0 Å². The highest BCUT2D eigenvalue weighted by molar-refractivity contribution is 5.97. The van der Waals surface area contributed by atoms with E-state index in [1.165, 1.54) is 5.56 Å². The minimum absolute atomic E-state index is 0.00655. The summed E-state index contributed by atoms with van der Waals surface area (Å²) in [5.74, 6) is 2.76. The molecule has 0 spiro atoms. The molecule has 6 atom stereocenters. The molecule has 8 nitrogen and oxygen atoms in total. The minimum Gasteiger partial charge on any atom is -0.478 e. The Balaban J connectivity index is 0.000000598. The van der Waals surface area contributed by atoms with Crippen LogP contribution in [0.3, 0.4) is 0 Å². The number of aromatic nitrogens is 2. The molecule has 0 N–H and O–H groups in total. The summed E-state index contributed by atoms with van der Waals surface area (Å²) in [6.07, 6.45) is 1.02. The van der Waals surface area contributed by atoms with Crippen LogP contribution in [0.4, 0.5) is 0 Å². The van der Waals surface area contributed by atoms with Crippen LogP contribution in [0, 0.1) is 17.8 Å². The van der Waals surface area contributed by atoms with Gasteiger partial charge in [0.1, 0.15) is 0 Å². The van der Waals surface area contributed by atoms with Crippen molar-refractivity contribution in [3.8, 4) is 11.9 Å². The summed E-state index contributed by atoms with van der Waals surface area (Å²) in [7, 11) is 0. The minimum atomic E-state index is -0.0282. The zero-order chi connectivity index (χ0) is 32.1. The first-order valence-corrected chi connectivity index (χ1v) is 16.4. The first kappa shape index (κ1) is 32.5. The van der Waals surface area contributed by atoms with Crippen molar-refractivity contribution >= 4 is 11.9 Å². The fraction of sp³-hybridized carbons (Fsp3) is 0.514. The van der Waals surface area contributed by atoms with Crippen molar-refractivity contribution in [2.24, 2.45) is 27.7 Å². The summed E-state index contributed by atoms with van der Waals surface area (Å²) >= 11 is 0. The number of amidine groups is 1. The van der Waals surface area contributed by atoms with Crippen molar-refractivity contribution in [1.82, 2.24) is 9.97 Å². The van der Waals surface area contributed by atoms with E-state index in [2.05, 4.69) is 35.3 Å². The van der Waals surface area contributed by atoms with Crippen molar-refractivity contribution in [2.75, 3.05) is 0 Å². The number of hydrogen-bond donors (Lipinski definition) is 0. The number of aliphatic imine (C=N–C) groups is 2. The van der Waals surface area contributed by atoms with Gasteiger partial charge in [0.05, 0.1) is 42.1 Å². The second kappa shape index (κ2) is 14.4. The van der Waals surface area contributed by atoms with Gasteiger partial charge >= 0.3 is 12.0 Å². The molecule has 0 bridgehead atoms. The zero-order valence-corrected chi connectivity index (χ0v) is 27.8. The molecule has 3 aromatic rings. The van der Waals surface area contributed by atoms with Gasteiger partial charge in [0.15, 0.2) is 5.90 Å². The molecular weight excluding hydrogens is 564 g/mol. The molecule has 2 aliphatic carbocycles. The summed E-state index contributed by atoms with van der Waals surface area (Å²) in [6, 6.07) is 25.7. The number of benzene rings is 2. The molecule has 0 radical (unpaired) electrons. The Labute approximate surface area is 268 Å². The lowest BCUT2D eigenvalue weighted by Gasteiger charge is -2.45. The largest absolute Gasteiger partial charge is 0.478 e. The molecule has 1 aliphatic heterocycles. The van der Waals surface area contributed by atoms with Crippen LogP contribution in [0.15, 0.2) is 82.8 Å². The normalized spacial score (nSPS) is 25.0. The predicted octanol–water partition coefficient (Wildman–Crippen LogP) is 7.86. The van der Waals surface area contributed by atoms with Gasteiger partial charge in [0.25, 0.3) is 0 Å². The maximum Gasteiger partial charge on any atom is 0.320 e. The quantitative estimate of drug-likeness (QED) is 0.245. The first-order valence-electron chi connectivity index (χ1n) is 16.4. The lowest BCUT2D eigenvalue weighted by Crippen LogP contribution is -2.36. The van der Waals surface area contributed by atoms with Crippen LogP contribution in [0.2, 0.25) is 0 Å². The van der Waals surface area contributed by atoms with Gasteiger partial charge in [-0.25, -0.2) is 4.99 Å². The van der Waals surface area contributed by atoms with Gasteiger partial charge in [0, 0.05) is 12.0 Å². The van der Waals surface area contributed by atoms with Gasteiger partial charge in [-0.1, -0.05) is 66.7 Å². The van der Waals surface area contributed by atoms with E-state index in [-0.39, 0.29) is 48.2 Å². The highest BCUT2D eigenvalue weighted by Gasteiger charge is 2.65. The summed E-state index contributed by atoms with van der Waals surface area (Å²) in [4.78, 5) is 19.0. The maximum atomic E-state index is 6.20. The molecule has 45 heavy (non-hydrogen) atoms. The lowest BCUT2D eigenvalue weighted by molar-refractivity contribution is 0.159. The Bertz CT molecular complexity index is 1390. The van der Waals surface area contributed by atoms with E-state index in [0.717, 1.165) is 18.0 Å². The standard InChI is InChI=1S/C31H42N4O4.C6H6/c1-16(2)36-24-15-23(32-30(33-24)38-18(5)6)21-14-22(25(21)20-12-10-9-11-13-20)26-27-28(26)34-31(39-19(7)8)35-29(27)37-17(3)4;1-2-4-6-5-3-1/h9-13,15-19,21-22,25-28H,14H2,1-8H3;1-6H/t21-,22-,25+,26?,27?,28?;/m1./s1. The topological polar surface area (TPSA) is 87.4 Å². The Morgan fingerprint density at radius 3 is 1.80 bits per heavy atom. The van der Waals surface area contributed by atoms with Crippen LogP contribution >= 0.6 is 0 Å². The number of hydrogen-bond acceptors (Lipinski definition) is 8. The summed E-state index contributed by atoms with van der Waals surface area (Å²) in [5.41, 5.74) is 2.27. The van der Waals surface area contributed by atoms with Crippen molar-refractivity contribution in [3.05, 3.63) is 84.1 Å². The van der Waals surface area contributed by atoms with Crippen LogP contribution in [-0.2, 0) is 9.47 Å². The Hall–Kier alpha value is -3.94. The van der Waals surface area contributed by atoms with E-state index in [4.69, 9.17) is 33.9 Å². The maximum absolute atomic E-state index is 6.20. The summed E-state index contributed by atoms with van der Waals surface area (Å²) in [6.45, 7) is 16.0. The van der Waals surface area contributed by atoms with Crippen LogP contribution in [-0.4, -0.2) is 52.3 Å². The van der Waals surface area contributed by atoms with Crippen molar-refractivity contribution < 1.29 is 18.9 Å². The van der Waals surface area contributed by atoms with Crippen LogP contribution in [0.1, 0.15) is 84.9 Å². The molecular formula is C37H48N4O4. The molecule has 240 valence electrons. The first-order chi connectivity index (χ1) is 21.6. The molecule has 3 aliphatic rings. The molecule has 1 aromatic heterocycles. The smallest absolute Gasteiger partial charge is 0.320 e. The van der Waals surface area contributed by atoms with Crippen molar-refractivity contribution in [1.29, 1.82) is 0 Å². The lowest BCUT2D eigenvalue weighted by atomic mass is 9.58. The van der Waals surface area contributed by atoms with Crippen LogP contribution < -0.4 is 9.47 Å². The number of nitrogens with zero attached hydrogens (tertiary/aromatic N) is 4. The predicted molar refractivity (Wildman–Crippen MR) is 178 cm³/mol. The second-order valence-electron chi connectivity index (χ2n) is 13.1. The highest BCUT2D eigenvalue weighted by atomic mass is 16.5. The third-order valence-electron chi connectivity index (χ3n) is 8.03. The van der Waals surface area contributed by atoms with E-state index >= 15 is 0 Å². The summed E-state index contributed by atoms with van der Waals surface area (Å²) < 4.78 is 24.0. The molecule has 3 unspecified atom stereocenters. The average molecular weight is 613 g/mol. The van der Waals surface area contributed by atoms with Gasteiger partial charge in [-0.15, -0.1) is 0 Å². The molecule has 2 fully saturated rings. The fourth-order valence-corrected chi connectivity index (χ4v) is 6.36. The third kappa shape index (κ3) is 8.21. The Morgan fingerprint density at radius 1 is 0.644 bits per heavy atom. The molecule has 0 saturated heterocycles. The van der Waals surface area contributed by atoms with E-state index in [1.807, 2.05) is 97.9 Å². The number of ether oxygens (including phenoxy) is 4. The second-order valence-corrected chi connectivity index (χ2v) is 13.1. The molecule has 2 heterocycles. The average Bonchev–Trinajstić information content (AvgIpc) is 3.66. The molecule has 2 saturated carbocycles. The zero-order valence-electron chi connectivity index (χ0n) is 27.8. The van der Waals surface area contributed by atoms with Crippen molar-refractivity contribution in [2.45, 2.75) is 104 Å². The van der Waals surface area contributed by atoms with E-state index in [1.54, 1.807) is 0 Å². The van der Waals surface area contributed by atoms with Gasteiger partial charge in [-0.2, -0.15) is 15.0 Å². The van der Waals surface area contributed by atoms with Gasteiger partial charge in [0.2, 0.25) is 5.88 Å². The number of rotatable bonds is 9. The number of fused-ring (bicyclic) bond motifs is 1. The van der Waals surface area contributed by atoms with Gasteiger partial charge in [-0.05, 0) is 85.1 Å². The van der Waals surface area contributed by atoms with Gasteiger partial charge < -0.3 is 18.9 Å². The Kier molecular flexibility index (Phi) is 10.4. The van der Waals surface area contributed by atoms with Gasteiger partial charge in [-0.3, -0.25) is 0 Å². The van der Waals surface area contributed by atoms with E-state index in [0.29, 0.717) is 29.7 Å². The highest BCUT2D eigenvalue weighted by Crippen LogP contribution is 2.65. The van der Waals surface area contributed by atoms with Crippen LogP contribution in [0.5, 0.6) is 11.9 Å². The molecule has 0 amide bonds. The summed E-state index contributed by atoms with van der Waals surface area (Å²) in [5, 5.41) is 0. The Morgan fingerprint density at radius 2 is 1.22 bits per heavy atom. The molecule has 6 rings (SSSR count). The van der Waals surface area contributed by atoms with Crippen molar-refractivity contribution in [3.63, 3.8) is 0 Å².